The minimum Gasteiger partial charge on any atom is -0.481 e. The molecule has 0 spiro atoms. The van der Waals surface area contributed by atoms with Crippen molar-refractivity contribution in [3.8, 4) is 0 Å². The summed E-state index contributed by atoms with van der Waals surface area (Å²) in [5.74, 6) is -0.696. The number of amides is 1. The van der Waals surface area contributed by atoms with Gasteiger partial charge in [0, 0.05) is 25.7 Å². The molecule has 0 saturated heterocycles. The average molecular weight is 242 g/mol. The Morgan fingerprint density at radius 3 is 2.24 bits per heavy atom. The number of hydrogen-bond acceptors (Lipinski definition) is 3. The maximum atomic E-state index is 11.9. The standard InChI is InChI=1S/C12H22N2O3/c1-3-13(4-2)11(15)9-14(10-5-6-10)8-7-12(16)17/h10H,3-9H2,1-2H3,(H,16,17). The van der Waals surface area contributed by atoms with E-state index in [4.69, 9.17) is 5.11 Å². The first-order valence-electron chi connectivity index (χ1n) is 6.32. The lowest BCUT2D eigenvalue weighted by molar-refractivity contribution is -0.138. The van der Waals surface area contributed by atoms with E-state index in [1.54, 1.807) is 4.90 Å². The third kappa shape index (κ3) is 4.73. The normalized spacial score (nSPS) is 15.0. The van der Waals surface area contributed by atoms with Crippen LogP contribution in [0.5, 0.6) is 0 Å². The lowest BCUT2D eigenvalue weighted by atomic mass is 10.3. The molecule has 0 atom stereocenters. The van der Waals surface area contributed by atoms with Crippen molar-refractivity contribution in [1.29, 1.82) is 0 Å². The van der Waals surface area contributed by atoms with E-state index in [2.05, 4.69) is 0 Å². The van der Waals surface area contributed by atoms with Crippen molar-refractivity contribution in [3.63, 3.8) is 0 Å². The molecule has 0 heterocycles. The SMILES string of the molecule is CCN(CC)C(=O)CN(CCC(=O)O)C1CC1. The van der Waals surface area contributed by atoms with Gasteiger partial charge in [0.25, 0.3) is 0 Å². The molecule has 5 heteroatoms. The quantitative estimate of drug-likeness (QED) is 0.683. The van der Waals surface area contributed by atoms with Gasteiger partial charge in [-0.15, -0.1) is 0 Å². The van der Waals surface area contributed by atoms with Crippen molar-refractivity contribution in [3.05, 3.63) is 0 Å². The molecular formula is C12H22N2O3. The third-order valence-corrected chi connectivity index (χ3v) is 3.13. The molecular weight excluding hydrogens is 220 g/mol. The van der Waals surface area contributed by atoms with Gasteiger partial charge in [-0.3, -0.25) is 14.5 Å². The molecule has 1 aliphatic carbocycles. The van der Waals surface area contributed by atoms with Crippen molar-refractivity contribution in [2.45, 2.75) is 39.2 Å². The highest BCUT2D eigenvalue weighted by atomic mass is 16.4. The second-order valence-electron chi connectivity index (χ2n) is 4.41. The minimum atomic E-state index is -0.800. The fourth-order valence-corrected chi connectivity index (χ4v) is 1.92. The van der Waals surface area contributed by atoms with Crippen molar-refractivity contribution in [2.24, 2.45) is 0 Å². The zero-order valence-electron chi connectivity index (χ0n) is 10.7. The van der Waals surface area contributed by atoms with Crippen LogP contribution in [0, 0.1) is 0 Å². The van der Waals surface area contributed by atoms with E-state index >= 15 is 0 Å². The fourth-order valence-electron chi connectivity index (χ4n) is 1.92. The van der Waals surface area contributed by atoms with Gasteiger partial charge in [0.1, 0.15) is 0 Å². The van der Waals surface area contributed by atoms with Crippen LogP contribution in [-0.4, -0.2) is 59.0 Å². The third-order valence-electron chi connectivity index (χ3n) is 3.13. The average Bonchev–Trinajstić information content (AvgIpc) is 3.09. The number of hydrogen-bond donors (Lipinski definition) is 1. The lowest BCUT2D eigenvalue weighted by Gasteiger charge is -2.25. The van der Waals surface area contributed by atoms with E-state index in [1.807, 2.05) is 18.7 Å². The van der Waals surface area contributed by atoms with Crippen LogP contribution in [0.3, 0.4) is 0 Å². The Hall–Kier alpha value is -1.10. The molecule has 0 bridgehead atoms. The summed E-state index contributed by atoms with van der Waals surface area (Å²) in [5.41, 5.74) is 0. The zero-order valence-corrected chi connectivity index (χ0v) is 10.7. The lowest BCUT2D eigenvalue weighted by Crippen LogP contribution is -2.41. The van der Waals surface area contributed by atoms with E-state index in [9.17, 15) is 9.59 Å². The summed E-state index contributed by atoms with van der Waals surface area (Å²) in [7, 11) is 0. The van der Waals surface area contributed by atoms with Gasteiger partial charge in [-0.1, -0.05) is 0 Å². The Morgan fingerprint density at radius 1 is 1.24 bits per heavy atom. The molecule has 0 aromatic heterocycles. The molecule has 0 aromatic carbocycles. The first-order valence-corrected chi connectivity index (χ1v) is 6.32. The monoisotopic (exact) mass is 242 g/mol. The molecule has 1 fully saturated rings. The van der Waals surface area contributed by atoms with Crippen LogP contribution in [0.2, 0.25) is 0 Å². The zero-order chi connectivity index (χ0) is 12.8. The maximum Gasteiger partial charge on any atom is 0.304 e. The topological polar surface area (TPSA) is 60.9 Å². The second-order valence-corrected chi connectivity index (χ2v) is 4.41. The molecule has 0 aliphatic heterocycles. The van der Waals surface area contributed by atoms with Gasteiger partial charge in [-0.05, 0) is 26.7 Å². The number of carboxylic acid groups (broad SMARTS) is 1. The van der Waals surface area contributed by atoms with Crippen LogP contribution in [-0.2, 0) is 9.59 Å². The Labute approximate surface area is 102 Å². The van der Waals surface area contributed by atoms with Crippen molar-refractivity contribution < 1.29 is 14.7 Å². The number of carbonyl (C=O) groups is 2. The Kier molecular flexibility index (Phi) is 5.41. The van der Waals surface area contributed by atoms with Gasteiger partial charge in [0.05, 0.1) is 13.0 Å². The maximum absolute atomic E-state index is 11.9. The largest absolute Gasteiger partial charge is 0.481 e. The number of aliphatic carboxylic acids is 1. The van der Waals surface area contributed by atoms with Crippen molar-refractivity contribution in [2.75, 3.05) is 26.2 Å². The minimum absolute atomic E-state index is 0.104. The van der Waals surface area contributed by atoms with E-state index < -0.39 is 5.97 Å². The van der Waals surface area contributed by atoms with Gasteiger partial charge in [-0.25, -0.2) is 0 Å². The summed E-state index contributed by atoms with van der Waals surface area (Å²) in [6.07, 6.45) is 2.29. The summed E-state index contributed by atoms with van der Waals surface area (Å²) in [6.45, 7) is 6.19. The predicted octanol–water partition coefficient (Wildman–Crippen LogP) is 0.794. The Morgan fingerprint density at radius 2 is 1.82 bits per heavy atom. The summed E-state index contributed by atoms with van der Waals surface area (Å²) in [4.78, 5) is 26.3. The summed E-state index contributed by atoms with van der Waals surface area (Å²) >= 11 is 0. The number of carbonyl (C=O) groups excluding carboxylic acids is 1. The van der Waals surface area contributed by atoms with Crippen LogP contribution in [0.15, 0.2) is 0 Å². The van der Waals surface area contributed by atoms with E-state index in [-0.39, 0.29) is 12.3 Å². The molecule has 17 heavy (non-hydrogen) atoms. The molecule has 98 valence electrons. The molecule has 1 rings (SSSR count). The number of nitrogens with zero attached hydrogens (tertiary/aromatic N) is 2. The predicted molar refractivity (Wildman–Crippen MR) is 64.8 cm³/mol. The van der Waals surface area contributed by atoms with Gasteiger partial charge >= 0.3 is 5.97 Å². The van der Waals surface area contributed by atoms with Gasteiger partial charge in [0.15, 0.2) is 0 Å². The highest BCUT2D eigenvalue weighted by Crippen LogP contribution is 2.26. The van der Waals surface area contributed by atoms with Gasteiger partial charge in [-0.2, -0.15) is 0 Å². The van der Waals surface area contributed by atoms with E-state index in [1.165, 1.54) is 0 Å². The molecule has 1 amide bonds. The van der Waals surface area contributed by atoms with Crippen LogP contribution in [0.4, 0.5) is 0 Å². The first kappa shape index (κ1) is 14.0. The second kappa shape index (κ2) is 6.59. The molecule has 1 aliphatic rings. The van der Waals surface area contributed by atoms with E-state index in [0.717, 1.165) is 12.8 Å². The van der Waals surface area contributed by atoms with Crippen molar-refractivity contribution >= 4 is 11.9 Å². The summed E-state index contributed by atoms with van der Waals surface area (Å²) < 4.78 is 0. The van der Waals surface area contributed by atoms with Gasteiger partial charge in [0.2, 0.25) is 5.91 Å². The van der Waals surface area contributed by atoms with Crippen LogP contribution in [0.25, 0.3) is 0 Å². The number of likely N-dealkylation sites (N-methyl/N-ethyl adjacent to an activating group) is 1. The Balaban J connectivity index is 2.42. The molecule has 0 aromatic rings. The fraction of sp³-hybridized carbons (Fsp3) is 0.833. The summed E-state index contributed by atoms with van der Waals surface area (Å²) in [5, 5.41) is 8.68. The highest BCUT2D eigenvalue weighted by molar-refractivity contribution is 5.78. The number of carboxylic acids is 1. The molecule has 0 radical (unpaired) electrons. The van der Waals surface area contributed by atoms with Crippen LogP contribution in [0.1, 0.15) is 33.1 Å². The Bertz CT molecular complexity index is 273. The molecule has 1 N–H and O–H groups in total. The van der Waals surface area contributed by atoms with E-state index in [0.29, 0.717) is 32.2 Å². The number of rotatable bonds is 8. The highest BCUT2D eigenvalue weighted by Gasteiger charge is 2.31. The molecule has 0 unspecified atom stereocenters. The first-order chi connectivity index (χ1) is 8.08. The van der Waals surface area contributed by atoms with Crippen LogP contribution < -0.4 is 0 Å². The van der Waals surface area contributed by atoms with Crippen molar-refractivity contribution in [1.82, 2.24) is 9.80 Å². The van der Waals surface area contributed by atoms with Gasteiger partial charge < -0.3 is 10.0 Å². The van der Waals surface area contributed by atoms with Crippen LogP contribution >= 0.6 is 0 Å². The molecule has 5 nitrogen and oxygen atoms in total. The summed E-state index contributed by atoms with van der Waals surface area (Å²) in [6, 6.07) is 0.425. The smallest absolute Gasteiger partial charge is 0.304 e. The molecule has 1 saturated carbocycles.